The summed E-state index contributed by atoms with van der Waals surface area (Å²) in [5, 5.41) is 2.61. The summed E-state index contributed by atoms with van der Waals surface area (Å²) in [5.74, 6) is -3.89. The average Bonchev–Trinajstić information content (AvgIpc) is 2.82. The third-order valence-electron chi connectivity index (χ3n) is 5.91. The minimum Gasteiger partial charge on any atom is -0.349 e. The maximum atomic E-state index is 13.2. The zero-order valence-corrected chi connectivity index (χ0v) is 19.1. The number of hydrogen-bond acceptors (Lipinski definition) is 6. The van der Waals surface area contributed by atoms with Gasteiger partial charge < -0.3 is 5.32 Å². The first-order chi connectivity index (χ1) is 15.2. The molecule has 170 valence electrons. The quantitative estimate of drug-likeness (QED) is 0.640. The molecule has 2 aromatic rings. The number of benzene rings is 1. The fourth-order valence-corrected chi connectivity index (χ4v) is 5.81. The highest BCUT2D eigenvalue weighted by Gasteiger charge is 2.34. The second kappa shape index (κ2) is 10.2. The standard InChI is InChI=1S/C24H28N2O5S/c1-16(2)21(15-32(30,31)20-6-4-3-5-7-20)22(27)13-18-12-19-14-25-10-8-17(19)9-11-26-24(29)23(18)28/h3-8,10,14,16,18,21H,9,11-13,15H2,1-2H3,(H,26,29). The van der Waals surface area contributed by atoms with Gasteiger partial charge in [-0.1, -0.05) is 32.0 Å². The van der Waals surface area contributed by atoms with Gasteiger partial charge in [0.15, 0.2) is 9.84 Å². The number of nitrogens with one attached hydrogen (secondary N) is 1. The summed E-state index contributed by atoms with van der Waals surface area (Å²) in [7, 11) is -3.68. The summed E-state index contributed by atoms with van der Waals surface area (Å²) >= 11 is 0. The lowest BCUT2D eigenvalue weighted by Gasteiger charge is -2.22. The van der Waals surface area contributed by atoms with Crippen molar-refractivity contribution in [3.8, 4) is 0 Å². The first-order valence-electron chi connectivity index (χ1n) is 10.7. The van der Waals surface area contributed by atoms with Crippen LogP contribution in [-0.4, -0.2) is 43.2 Å². The molecule has 0 radical (unpaired) electrons. The summed E-state index contributed by atoms with van der Waals surface area (Å²) in [6.07, 6.45) is 3.92. The van der Waals surface area contributed by atoms with E-state index < -0.39 is 33.4 Å². The Labute approximate surface area is 188 Å². The normalized spacial score (nSPS) is 18.2. The molecule has 0 saturated carbocycles. The molecule has 0 bridgehead atoms. The molecule has 1 N–H and O–H groups in total. The second-order valence-electron chi connectivity index (χ2n) is 8.53. The van der Waals surface area contributed by atoms with Gasteiger partial charge in [0.2, 0.25) is 5.78 Å². The lowest BCUT2D eigenvalue weighted by atomic mass is 9.83. The van der Waals surface area contributed by atoms with E-state index in [1.54, 1.807) is 44.4 Å². The third-order valence-corrected chi connectivity index (χ3v) is 7.70. The molecular formula is C24H28N2O5S. The molecule has 0 saturated heterocycles. The van der Waals surface area contributed by atoms with Crippen LogP contribution in [0.15, 0.2) is 53.7 Å². The number of aromatic nitrogens is 1. The first-order valence-corrected chi connectivity index (χ1v) is 12.4. The van der Waals surface area contributed by atoms with Crippen molar-refractivity contribution in [3.05, 3.63) is 59.9 Å². The van der Waals surface area contributed by atoms with E-state index in [4.69, 9.17) is 0 Å². The highest BCUT2D eigenvalue weighted by molar-refractivity contribution is 7.91. The number of hydrogen-bond donors (Lipinski definition) is 1. The molecule has 1 aromatic carbocycles. The Bertz CT molecular complexity index is 1100. The van der Waals surface area contributed by atoms with Gasteiger partial charge in [0, 0.05) is 37.2 Å². The smallest absolute Gasteiger partial charge is 0.287 e. The van der Waals surface area contributed by atoms with E-state index >= 15 is 0 Å². The average molecular weight is 457 g/mol. The van der Waals surface area contributed by atoms with Crippen molar-refractivity contribution in [1.29, 1.82) is 0 Å². The van der Waals surface area contributed by atoms with E-state index in [0.717, 1.165) is 11.1 Å². The Kier molecular flexibility index (Phi) is 7.56. The topological polar surface area (TPSA) is 110 Å². The molecule has 0 fully saturated rings. The van der Waals surface area contributed by atoms with E-state index in [1.807, 2.05) is 6.07 Å². The number of pyridine rings is 1. The van der Waals surface area contributed by atoms with Crippen molar-refractivity contribution < 1.29 is 22.8 Å². The van der Waals surface area contributed by atoms with Crippen LogP contribution in [0.4, 0.5) is 0 Å². The Balaban J connectivity index is 1.84. The van der Waals surface area contributed by atoms with Gasteiger partial charge in [-0.2, -0.15) is 0 Å². The van der Waals surface area contributed by atoms with Gasteiger partial charge in [-0.15, -0.1) is 0 Å². The predicted molar refractivity (Wildman–Crippen MR) is 120 cm³/mol. The molecule has 2 unspecified atom stereocenters. The minimum atomic E-state index is -3.68. The number of Topliss-reactive ketones (excluding diaryl/α,β-unsaturated/α-hetero) is 2. The van der Waals surface area contributed by atoms with Crippen molar-refractivity contribution in [2.75, 3.05) is 12.3 Å². The van der Waals surface area contributed by atoms with Gasteiger partial charge in [0.25, 0.3) is 5.91 Å². The fraction of sp³-hybridized carbons (Fsp3) is 0.417. The highest BCUT2D eigenvalue weighted by atomic mass is 32.2. The monoisotopic (exact) mass is 456 g/mol. The molecule has 1 amide bonds. The van der Waals surface area contributed by atoms with Gasteiger partial charge in [-0.3, -0.25) is 19.4 Å². The number of ketones is 2. The zero-order valence-electron chi connectivity index (χ0n) is 18.3. The Hall–Kier alpha value is -2.87. The molecule has 8 heteroatoms. The number of amides is 1. The molecule has 1 aliphatic heterocycles. The number of carbonyl (C=O) groups is 3. The lowest BCUT2D eigenvalue weighted by molar-refractivity contribution is -0.141. The Morgan fingerprint density at radius 2 is 1.84 bits per heavy atom. The van der Waals surface area contributed by atoms with Crippen LogP contribution in [0, 0.1) is 17.8 Å². The number of carbonyl (C=O) groups excluding carboxylic acids is 3. The Morgan fingerprint density at radius 3 is 2.53 bits per heavy atom. The number of rotatable bonds is 7. The molecule has 0 aliphatic carbocycles. The van der Waals surface area contributed by atoms with Crippen molar-refractivity contribution in [3.63, 3.8) is 0 Å². The van der Waals surface area contributed by atoms with Gasteiger partial charge in [-0.05, 0) is 48.1 Å². The molecular weight excluding hydrogens is 428 g/mol. The second-order valence-corrected chi connectivity index (χ2v) is 10.6. The minimum absolute atomic E-state index is 0.163. The van der Waals surface area contributed by atoms with Gasteiger partial charge in [0.05, 0.1) is 10.6 Å². The van der Waals surface area contributed by atoms with Crippen molar-refractivity contribution in [1.82, 2.24) is 10.3 Å². The Morgan fingerprint density at radius 1 is 1.12 bits per heavy atom. The van der Waals surface area contributed by atoms with E-state index in [9.17, 15) is 22.8 Å². The SMILES string of the molecule is CC(C)C(CS(=O)(=O)c1ccccc1)C(=O)CC1Cc2cnccc2CCNC(=O)C1=O. The summed E-state index contributed by atoms with van der Waals surface area (Å²) in [5.41, 5.74) is 1.80. The van der Waals surface area contributed by atoms with Crippen LogP contribution in [0.3, 0.4) is 0 Å². The molecule has 3 rings (SSSR count). The largest absolute Gasteiger partial charge is 0.349 e. The fourth-order valence-electron chi connectivity index (χ4n) is 4.00. The van der Waals surface area contributed by atoms with Crippen LogP contribution in [-0.2, 0) is 37.1 Å². The van der Waals surface area contributed by atoms with Crippen LogP contribution < -0.4 is 5.32 Å². The molecule has 1 aromatic heterocycles. The highest BCUT2D eigenvalue weighted by Crippen LogP contribution is 2.25. The van der Waals surface area contributed by atoms with E-state index in [-0.39, 0.29) is 35.2 Å². The predicted octanol–water partition coefficient (Wildman–Crippen LogP) is 2.19. The summed E-state index contributed by atoms with van der Waals surface area (Å²) < 4.78 is 25.8. The van der Waals surface area contributed by atoms with E-state index in [1.165, 1.54) is 12.1 Å². The molecule has 32 heavy (non-hydrogen) atoms. The van der Waals surface area contributed by atoms with Crippen LogP contribution in [0.25, 0.3) is 0 Å². The maximum Gasteiger partial charge on any atom is 0.287 e. The van der Waals surface area contributed by atoms with Crippen LogP contribution >= 0.6 is 0 Å². The van der Waals surface area contributed by atoms with Crippen molar-refractivity contribution in [2.24, 2.45) is 17.8 Å². The van der Waals surface area contributed by atoms with Crippen LogP contribution in [0.1, 0.15) is 31.4 Å². The van der Waals surface area contributed by atoms with E-state index in [0.29, 0.717) is 13.0 Å². The number of fused-ring (bicyclic) bond motifs is 1. The third kappa shape index (κ3) is 5.68. The number of nitrogens with zero attached hydrogens (tertiary/aromatic N) is 1. The summed E-state index contributed by atoms with van der Waals surface area (Å²) in [6, 6.07) is 9.86. The van der Waals surface area contributed by atoms with Crippen LogP contribution in [0.2, 0.25) is 0 Å². The molecule has 2 atom stereocenters. The van der Waals surface area contributed by atoms with Gasteiger partial charge in [0.1, 0.15) is 5.78 Å². The summed E-state index contributed by atoms with van der Waals surface area (Å²) in [4.78, 5) is 42.6. The number of sulfone groups is 1. The van der Waals surface area contributed by atoms with Gasteiger partial charge >= 0.3 is 0 Å². The van der Waals surface area contributed by atoms with Crippen molar-refractivity contribution >= 4 is 27.3 Å². The maximum absolute atomic E-state index is 13.2. The van der Waals surface area contributed by atoms with Crippen LogP contribution in [0.5, 0.6) is 0 Å². The van der Waals surface area contributed by atoms with Crippen molar-refractivity contribution in [2.45, 2.75) is 38.0 Å². The van der Waals surface area contributed by atoms with E-state index in [2.05, 4.69) is 10.3 Å². The zero-order chi connectivity index (χ0) is 23.3. The van der Waals surface area contributed by atoms with Gasteiger partial charge in [-0.25, -0.2) is 8.42 Å². The lowest BCUT2D eigenvalue weighted by Crippen LogP contribution is -2.38. The summed E-state index contributed by atoms with van der Waals surface area (Å²) in [6.45, 7) is 3.91. The molecule has 1 aliphatic rings. The molecule has 0 spiro atoms. The molecule has 7 nitrogen and oxygen atoms in total. The molecule has 2 heterocycles. The first kappa shape index (κ1) is 23.8.